The lowest BCUT2D eigenvalue weighted by Gasteiger charge is -2.28. The van der Waals surface area contributed by atoms with Crippen LogP contribution in [0, 0.1) is 6.92 Å². The van der Waals surface area contributed by atoms with Gasteiger partial charge < -0.3 is 10.6 Å². The lowest BCUT2D eigenvalue weighted by molar-refractivity contribution is -0.120. The quantitative estimate of drug-likeness (QED) is 0.899. The second-order valence-electron chi connectivity index (χ2n) is 4.81. The third kappa shape index (κ3) is 3.16. The van der Waals surface area contributed by atoms with Gasteiger partial charge in [-0.05, 0) is 31.4 Å². The molecule has 1 aromatic rings. The van der Waals surface area contributed by atoms with Crippen LogP contribution in [0.2, 0.25) is 0 Å². The van der Waals surface area contributed by atoms with Crippen molar-refractivity contribution in [2.24, 2.45) is 5.73 Å². The minimum Gasteiger partial charge on any atom is -0.359 e. The van der Waals surface area contributed by atoms with Gasteiger partial charge in [0.25, 0.3) is 0 Å². The smallest absolute Gasteiger partial charge is 0.359 e. The minimum absolute atomic E-state index is 0.0135. The van der Waals surface area contributed by atoms with Crippen LogP contribution in [-0.2, 0) is 6.54 Å². The van der Waals surface area contributed by atoms with Crippen LogP contribution in [0.25, 0.3) is 0 Å². The SMILES string of the molecule is Cc1ccc(N(CC(F)(F)F)C2CC2)c(CN)c1. The third-order valence-corrected chi connectivity index (χ3v) is 3.10. The number of aryl methyl sites for hydroxylation is 1. The summed E-state index contributed by atoms with van der Waals surface area (Å²) in [7, 11) is 0. The average molecular weight is 258 g/mol. The number of alkyl halides is 3. The van der Waals surface area contributed by atoms with E-state index in [0.29, 0.717) is 5.69 Å². The van der Waals surface area contributed by atoms with Gasteiger partial charge in [-0.15, -0.1) is 0 Å². The molecule has 0 spiro atoms. The van der Waals surface area contributed by atoms with E-state index in [1.165, 1.54) is 4.90 Å². The van der Waals surface area contributed by atoms with E-state index in [4.69, 9.17) is 5.73 Å². The van der Waals surface area contributed by atoms with Crippen LogP contribution in [0.5, 0.6) is 0 Å². The van der Waals surface area contributed by atoms with Gasteiger partial charge in [0, 0.05) is 18.3 Å². The summed E-state index contributed by atoms with van der Waals surface area (Å²) < 4.78 is 37.9. The molecule has 0 bridgehead atoms. The fourth-order valence-electron chi connectivity index (χ4n) is 2.15. The highest BCUT2D eigenvalue weighted by atomic mass is 19.4. The molecule has 18 heavy (non-hydrogen) atoms. The molecule has 0 heterocycles. The number of benzene rings is 1. The Kier molecular flexibility index (Phi) is 3.52. The Balaban J connectivity index is 2.30. The van der Waals surface area contributed by atoms with Crippen LogP contribution in [0.15, 0.2) is 18.2 Å². The maximum atomic E-state index is 12.6. The van der Waals surface area contributed by atoms with Gasteiger partial charge in [0.2, 0.25) is 0 Å². The lowest BCUT2D eigenvalue weighted by atomic mass is 10.1. The van der Waals surface area contributed by atoms with E-state index >= 15 is 0 Å². The van der Waals surface area contributed by atoms with Crippen molar-refractivity contribution >= 4 is 5.69 Å². The Hall–Kier alpha value is -1.23. The predicted molar refractivity (Wildman–Crippen MR) is 65.5 cm³/mol. The standard InChI is InChI=1S/C13H17F3N2/c1-9-2-5-12(10(6-9)7-17)18(11-3-4-11)8-13(14,15)16/h2,5-6,11H,3-4,7-8,17H2,1H3. The number of hydrogen-bond donors (Lipinski definition) is 1. The second-order valence-corrected chi connectivity index (χ2v) is 4.81. The molecule has 5 heteroatoms. The van der Waals surface area contributed by atoms with Gasteiger partial charge in [-0.1, -0.05) is 17.7 Å². The largest absolute Gasteiger partial charge is 0.405 e. The Morgan fingerprint density at radius 3 is 2.50 bits per heavy atom. The van der Waals surface area contributed by atoms with E-state index in [9.17, 15) is 13.2 Å². The molecule has 1 aromatic carbocycles. The van der Waals surface area contributed by atoms with E-state index < -0.39 is 12.7 Å². The molecular weight excluding hydrogens is 241 g/mol. The van der Waals surface area contributed by atoms with Crippen molar-refractivity contribution in [2.45, 2.75) is 38.5 Å². The first kappa shape index (κ1) is 13.2. The molecule has 1 aliphatic rings. The Bertz CT molecular complexity index is 425. The molecule has 0 saturated heterocycles. The number of rotatable bonds is 4. The summed E-state index contributed by atoms with van der Waals surface area (Å²) in [6.45, 7) is 1.28. The highest BCUT2D eigenvalue weighted by Crippen LogP contribution is 2.36. The Labute approximate surface area is 105 Å². The van der Waals surface area contributed by atoms with E-state index in [1.807, 2.05) is 19.1 Å². The van der Waals surface area contributed by atoms with Gasteiger partial charge >= 0.3 is 6.18 Å². The van der Waals surface area contributed by atoms with Gasteiger partial charge in [-0.2, -0.15) is 13.2 Å². The maximum absolute atomic E-state index is 12.6. The van der Waals surface area contributed by atoms with E-state index in [-0.39, 0.29) is 12.6 Å². The number of halogens is 3. The van der Waals surface area contributed by atoms with Crippen molar-refractivity contribution in [3.05, 3.63) is 29.3 Å². The minimum atomic E-state index is -4.18. The number of nitrogens with zero attached hydrogens (tertiary/aromatic N) is 1. The number of hydrogen-bond acceptors (Lipinski definition) is 2. The molecule has 100 valence electrons. The monoisotopic (exact) mass is 258 g/mol. The summed E-state index contributed by atoms with van der Waals surface area (Å²) in [5.41, 5.74) is 8.06. The van der Waals surface area contributed by atoms with Crippen LogP contribution in [0.3, 0.4) is 0 Å². The summed E-state index contributed by atoms with van der Waals surface area (Å²) in [6.07, 6.45) is -2.53. The second kappa shape index (κ2) is 4.80. The van der Waals surface area contributed by atoms with Gasteiger partial charge in [0.15, 0.2) is 0 Å². The molecule has 0 aliphatic heterocycles. The first-order valence-electron chi connectivity index (χ1n) is 6.03. The molecule has 1 saturated carbocycles. The van der Waals surface area contributed by atoms with E-state index in [2.05, 4.69) is 0 Å². The normalized spacial score (nSPS) is 15.8. The summed E-state index contributed by atoms with van der Waals surface area (Å²) in [4.78, 5) is 1.45. The van der Waals surface area contributed by atoms with Crippen LogP contribution in [-0.4, -0.2) is 18.8 Å². The topological polar surface area (TPSA) is 29.3 Å². The summed E-state index contributed by atoms with van der Waals surface area (Å²) in [5, 5.41) is 0. The maximum Gasteiger partial charge on any atom is 0.405 e. The van der Waals surface area contributed by atoms with E-state index in [1.54, 1.807) is 6.07 Å². The van der Waals surface area contributed by atoms with Crippen molar-refractivity contribution in [1.29, 1.82) is 0 Å². The molecule has 0 radical (unpaired) electrons. The summed E-state index contributed by atoms with van der Waals surface area (Å²) in [5.74, 6) is 0. The van der Waals surface area contributed by atoms with Gasteiger partial charge in [0.05, 0.1) is 0 Å². The van der Waals surface area contributed by atoms with Crippen LogP contribution < -0.4 is 10.6 Å². The highest BCUT2D eigenvalue weighted by molar-refractivity contribution is 5.56. The Morgan fingerprint density at radius 1 is 1.33 bits per heavy atom. The third-order valence-electron chi connectivity index (χ3n) is 3.10. The Morgan fingerprint density at radius 2 is 2.00 bits per heavy atom. The van der Waals surface area contributed by atoms with Crippen LogP contribution in [0.4, 0.5) is 18.9 Å². The molecule has 0 aromatic heterocycles. The van der Waals surface area contributed by atoms with Crippen LogP contribution >= 0.6 is 0 Å². The fourth-order valence-corrected chi connectivity index (χ4v) is 2.15. The molecule has 0 unspecified atom stereocenters. The molecule has 1 aliphatic carbocycles. The highest BCUT2D eigenvalue weighted by Gasteiger charge is 2.38. The first-order chi connectivity index (χ1) is 8.40. The van der Waals surface area contributed by atoms with Gasteiger partial charge in [-0.3, -0.25) is 0 Å². The van der Waals surface area contributed by atoms with Crippen molar-refractivity contribution in [3.8, 4) is 0 Å². The van der Waals surface area contributed by atoms with Crippen molar-refractivity contribution in [1.82, 2.24) is 0 Å². The molecule has 2 nitrogen and oxygen atoms in total. The van der Waals surface area contributed by atoms with Crippen LogP contribution in [0.1, 0.15) is 24.0 Å². The number of nitrogens with two attached hydrogens (primary N) is 1. The van der Waals surface area contributed by atoms with E-state index in [0.717, 1.165) is 24.0 Å². The summed E-state index contributed by atoms with van der Waals surface area (Å²) in [6, 6.07) is 5.46. The van der Waals surface area contributed by atoms with Crippen molar-refractivity contribution < 1.29 is 13.2 Å². The average Bonchev–Trinajstić information content (AvgIpc) is 3.08. The predicted octanol–water partition coefficient (Wildman–Crippen LogP) is 2.98. The van der Waals surface area contributed by atoms with Crippen molar-refractivity contribution in [3.63, 3.8) is 0 Å². The van der Waals surface area contributed by atoms with Gasteiger partial charge in [-0.25, -0.2) is 0 Å². The zero-order chi connectivity index (χ0) is 13.3. The fraction of sp³-hybridized carbons (Fsp3) is 0.538. The molecule has 0 atom stereocenters. The molecule has 1 fully saturated rings. The van der Waals surface area contributed by atoms with Crippen molar-refractivity contribution in [2.75, 3.05) is 11.4 Å². The lowest BCUT2D eigenvalue weighted by Crippen LogP contribution is -2.36. The molecule has 2 rings (SSSR count). The first-order valence-corrected chi connectivity index (χ1v) is 6.03. The zero-order valence-corrected chi connectivity index (χ0v) is 10.3. The van der Waals surface area contributed by atoms with Gasteiger partial charge in [0.1, 0.15) is 6.54 Å². The molecule has 0 amide bonds. The molecular formula is C13H17F3N2. The number of anilines is 1. The summed E-state index contributed by atoms with van der Waals surface area (Å²) >= 11 is 0. The molecule has 2 N–H and O–H groups in total. The zero-order valence-electron chi connectivity index (χ0n) is 10.3.